The van der Waals surface area contributed by atoms with Gasteiger partial charge in [0.25, 0.3) is 0 Å². The maximum atomic E-state index is 12.4. The Morgan fingerprint density at radius 2 is 0.774 bits per heavy atom. The third-order valence-corrected chi connectivity index (χ3v) is 11.2. The van der Waals surface area contributed by atoms with Gasteiger partial charge in [-0.1, -0.05) is 237 Å². The Hall–Kier alpha value is -1.13. The number of aliphatic hydroxyl groups excluding tert-OH is 2. The Morgan fingerprint density at radius 3 is 1.13 bits per heavy atom. The molecule has 0 spiro atoms. The van der Waals surface area contributed by atoms with Gasteiger partial charge in [-0.25, -0.2) is 0 Å². The Kier molecular flexibility index (Phi) is 44.3. The van der Waals surface area contributed by atoms with Gasteiger partial charge < -0.3 is 15.5 Å². The molecule has 3 N–H and O–H groups in total. The van der Waals surface area contributed by atoms with E-state index in [1.165, 1.54) is 205 Å². The molecule has 0 fully saturated rings. The van der Waals surface area contributed by atoms with E-state index in [1.807, 2.05) is 0 Å². The van der Waals surface area contributed by atoms with E-state index >= 15 is 0 Å². The number of hydrogen-bond acceptors (Lipinski definition) is 3. The summed E-state index contributed by atoms with van der Waals surface area (Å²) in [6, 6.07) is -0.534. The summed E-state index contributed by atoms with van der Waals surface area (Å²) in [5, 5.41) is 23.2. The number of allylic oxidation sites excluding steroid dienone is 4. The molecule has 0 aliphatic rings. The molecule has 0 saturated heterocycles. The summed E-state index contributed by atoms with van der Waals surface area (Å²) in [6.07, 6.45) is 58.4. The van der Waals surface area contributed by atoms with Crippen LogP contribution in [0.2, 0.25) is 0 Å². The Bertz CT molecular complexity index is 765. The molecule has 0 aromatic rings. The fourth-order valence-corrected chi connectivity index (χ4v) is 7.51. The lowest BCUT2D eigenvalue weighted by atomic mass is 10.0. The fraction of sp³-hybridized carbons (Fsp3) is 0.898. The van der Waals surface area contributed by atoms with Gasteiger partial charge in [0.2, 0.25) is 5.91 Å². The molecule has 314 valence electrons. The third kappa shape index (κ3) is 41.9. The highest BCUT2D eigenvalue weighted by molar-refractivity contribution is 5.76. The normalized spacial score (nSPS) is 13.1. The van der Waals surface area contributed by atoms with Crippen LogP contribution >= 0.6 is 0 Å². The minimum absolute atomic E-state index is 0.0296. The standard InChI is InChI=1S/C49H95NO3/c1-3-5-7-9-11-13-15-17-19-21-22-23-24-25-26-27-28-29-31-33-35-37-39-41-43-45-49(53)50-47(46-51)48(52)44-42-40-38-36-34-32-30-20-18-16-14-12-10-8-6-4-2/h15,17,21-22,47-48,51-52H,3-14,16,18-20,23-46H2,1-2H3,(H,50,53)/b17-15-,22-21-. The largest absolute Gasteiger partial charge is 0.394 e. The number of amides is 1. The predicted molar refractivity (Wildman–Crippen MR) is 235 cm³/mol. The summed E-state index contributed by atoms with van der Waals surface area (Å²) < 4.78 is 0. The van der Waals surface area contributed by atoms with E-state index in [-0.39, 0.29) is 12.5 Å². The second-order valence-corrected chi connectivity index (χ2v) is 16.5. The maximum Gasteiger partial charge on any atom is 0.220 e. The number of carbonyl (C=O) groups is 1. The summed E-state index contributed by atoms with van der Waals surface area (Å²) in [5.74, 6) is -0.0296. The molecule has 2 atom stereocenters. The SMILES string of the molecule is CCCCCCC/C=C\C/C=C\CCCCCCCCCCCCCCCC(=O)NC(CO)C(O)CCCCCCCCCCCCCCCCCC. The first-order chi connectivity index (χ1) is 26.2. The van der Waals surface area contributed by atoms with E-state index in [4.69, 9.17) is 0 Å². The molecule has 0 aliphatic heterocycles. The zero-order valence-electron chi connectivity index (χ0n) is 36.1. The van der Waals surface area contributed by atoms with Crippen molar-refractivity contribution < 1.29 is 15.0 Å². The van der Waals surface area contributed by atoms with Crippen LogP contribution in [0.1, 0.15) is 264 Å². The van der Waals surface area contributed by atoms with Crippen LogP contribution in [0.3, 0.4) is 0 Å². The molecule has 1 amide bonds. The van der Waals surface area contributed by atoms with Crippen molar-refractivity contribution in [3.8, 4) is 0 Å². The van der Waals surface area contributed by atoms with Crippen molar-refractivity contribution in [2.45, 2.75) is 276 Å². The smallest absolute Gasteiger partial charge is 0.220 e. The zero-order valence-corrected chi connectivity index (χ0v) is 36.1. The predicted octanol–water partition coefficient (Wildman–Crippen LogP) is 15.2. The lowest BCUT2D eigenvalue weighted by molar-refractivity contribution is -0.123. The second-order valence-electron chi connectivity index (χ2n) is 16.5. The van der Waals surface area contributed by atoms with Gasteiger partial charge in [0.05, 0.1) is 18.8 Å². The van der Waals surface area contributed by atoms with Crippen LogP contribution in [0, 0.1) is 0 Å². The van der Waals surface area contributed by atoms with E-state index in [2.05, 4.69) is 43.5 Å². The molecule has 0 aromatic heterocycles. The van der Waals surface area contributed by atoms with Crippen molar-refractivity contribution in [3.63, 3.8) is 0 Å². The third-order valence-electron chi connectivity index (χ3n) is 11.2. The molecule has 0 bridgehead atoms. The molecular weight excluding hydrogens is 651 g/mol. The van der Waals surface area contributed by atoms with Crippen molar-refractivity contribution in [3.05, 3.63) is 24.3 Å². The molecule has 0 aromatic carbocycles. The molecular formula is C49H95NO3. The Morgan fingerprint density at radius 1 is 0.453 bits per heavy atom. The maximum absolute atomic E-state index is 12.4. The first-order valence-electron chi connectivity index (χ1n) is 24.0. The van der Waals surface area contributed by atoms with Crippen molar-refractivity contribution in [1.29, 1.82) is 0 Å². The van der Waals surface area contributed by atoms with Crippen LogP contribution in [0.15, 0.2) is 24.3 Å². The molecule has 53 heavy (non-hydrogen) atoms. The Labute approximate surface area is 332 Å². The summed E-state index contributed by atoms with van der Waals surface area (Å²) >= 11 is 0. The quantitative estimate of drug-likeness (QED) is 0.0430. The molecule has 4 nitrogen and oxygen atoms in total. The topological polar surface area (TPSA) is 69.6 Å². The summed E-state index contributed by atoms with van der Waals surface area (Å²) in [7, 11) is 0. The average Bonchev–Trinajstić information content (AvgIpc) is 3.16. The molecule has 4 heteroatoms. The van der Waals surface area contributed by atoms with Gasteiger partial charge >= 0.3 is 0 Å². The van der Waals surface area contributed by atoms with Gasteiger partial charge in [0.1, 0.15) is 0 Å². The summed E-state index contributed by atoms with van der Waals surface area (Å²) in [4.78, 5) is 12.4. The van der Waals surface area contributed by atoms with E-state index in [1.54, 1.807) is 0 Å². The molecule has 0 radical (unpaired) electrons. The van der Waals surface area contributed by atoms with Crippen LogP contribution in [0.4, 0.5) is 0 Å². The lowest BCUT2D eigenvalue weighted by Crippen LogP contribution is -2.45. The van der Waals surface area contributed by atoms with Crippen molar-refractivity contribution in [2.75, 3.05) is 6.61 Å². The van der Waals surface area contributed by atoms with Gasteiger partial charge in [0.15, 0.2) is 0 Å². The van der Waals surface area contributed by atoms with E-state index in [0.717, 1.165) is 32.1 Å². The highest BCUT2D eigenvalue weighted by Crippen LogP contribution is 2.16. The first kappa shape index (κ1) is 51.9. The Balaban J connectivity index is 3.47. The minimum atomic E-state index is -0.657. The van der Waals surface area contributed by atoms with Crippen LogP contribution < -0.4 is 5.32 Å². The van der Waals surface area contributed by atoms with Gasteiger partial charge in [-0.05, 0) is 44.9 Å². The van der Waals surface area contributed by atoms with E-state index in [9.17, 15) is 15.0 Å². The van der Waals surface area contributed by atoms with Crippen LogP contribution in [0.25, 0.3) is 0 Å². The first-order valence-corrected chi connectivity index (χ1v) is 24.0. The van der Waals surface area contributed by atoms with Gasteiger partial charge in [-0.3, -0.25) is 4.79 Å². The van der Waals surface area contributed by atoms with Crippen molar-refractivity contribution >= 4 is 5.91 Å². The minimum Gasteiger partial charge on any atom is -0.394 e. The number of aliphatic hydroxyl groups is 2. The van der Waals surface area contributed by atoms with Gasteiger partial charge in [0, 0.05) is 6.42 Å². The molecule has 0 saturated carbocycles. The number of rotatable bonds is 44. The number of carbonyl (C=O) groups excluding carboxylic acids is 1. The number of nitrogens with one attached hydrogen (secondary N) is 1. The van der Waals surface area contributed by atoms with Crippen molar-refractivity contribution in [1.82, 2.24) is 5.32 Å². The monoisotopic (exact) mass is 746 g/mol. The van der Waals surface area contributed by atoms with Crippen LogP contribution in [-0.4, -0.2) is 34.9 Å². The number of unbranched alkanes of at least 4 members (excludes halogenated alkanes) is 33. The second kappa shape index (κ2) is 45.3. The van der Waals surface area contributed by atoms with Crippen LogP contribution in [-0.2, 0) is 4.79 Å². The lowest BCUT2D eigenvalue weighted by Gasteiger charge is -2.22. The molecule has 0 aliphatic carbocycles. The fourth-order valence-electron chi connectivity index (χ4n) is 7.51. The highest BCUT2D eigenvalue weighted by Gasteiger charge is 2.20. The highest BCUT2D eigenvalue weighted by atomic mass is 16.3. The van der Waals surface area contributed by atoms with E-state index in [0.29, 0.717) is 12.8 Å². The average molecular weight is 746 g/mol. The number of hydrogen-bond donors (Lipinski definition) is 3. The zero-order chi connectivity index (χ0) is 38.6. The van der Waals surface area contributed by atoms with Crippen molar-refractivity contribution in [2.24, 2.45) is 0 Å². The van der Waals surface area contributed by atoms with Gasteiger partial charge in [-0.2, -0.15) is 0 Å². The van der Waals surface area contributed by atoms with E-state index < -0.39 is 12.1 Å². The van der Waals surface area contributed by atoms with Crippen LogP contribution in [0.5, 0.6) is 0 Å². The van der Waals surface area contributed by atoms with Gasteiger partial charge in [-0.15, -0.1) is 0 Å². The summed E-state index contributed by atoms with van der Waals surface area (Å²) in [6.45, 7) is 4.37. The summed E-state index contributed by atoms with van der Waals surface area (Å²) in [5.41, 5.74) is 0. The molecule has 0 heterocycles. The molecule has 0 rings (SSSR count). The molecule has 2 unspecified atom stereocenters.